The molecular weight excluding hydrogens is 254 g/mol. The van der Waals surface area contributed by atoms with Gasteiger partial charge in [0.05, 0.1) is 6.04 Å². The molecular formula is C11H12ClN5O. The van der Waals surface area contributed by atoms with Crippen LogP contribution in [0.4, 0.5) is 5.95 Å². The van der Waals surface area contributed by atoms with Crippen molar-refractivity contribution in [3.05, 3.63) is 40.7 Å². The number of nitrogen functional groups attached to an aromatic ring is 1. The maximum atomic E-state index is 11.8. The number of halogens is 1. The molecule has 0 saturated heterocycles. The maximum Gasteiger partial charge on any atom is 0.289 e. The lowest BCUT2D eigenvalue weighted by molar-refractivity contribution is 0.0930. The zero-order valence-electron chi connectivity index (χ0n) is 9.64. The number of nitrogens with one attached hydrogen (secondary N) is 2. The van der Waals surface area contributed by atoms with Gasteiger partial charge in [-0.15, -0.1) is 5.10 Å². The molecule has 2 aromatic rings. The van der Waals surface area contributed by atoms with Gasteiger partial charge in [0, 0.05) is 5.02 Å². The quantitative estimate of drug-likeness (QED) is 0.784. The molecule has 18 heavy (non-hydrogen) atoms. The van der Waals surface area contributed by atoms with Crippen LogP contribution in [0.2, 0.25) is 5.02 Å². The van der Waals surface area contributed by atoms with E-state index in [4.69, 9.17) is 17.3 Å². The van der Waals surface area contributed by atoms with E-state index in [1.54, 1.807) is 12.1 Å². The number of rotatable bonds is 3. The third-order valence-electron chi connectivity index (χ3n) is 2.44. The van der Waals surface area contributed by atoms with Crippen LogP contribution in [0, 0.1) is 0 Å². The van der Waals surface area contributed by atoms with Gasteiger partial charge in [-0.2, -0.15) is 4.98 Å². The molecule has 1 heterocycles. The predicted octanol–water partition coefficient (Wildman–Crippen LogP) is 1.53. The number of aromatic amines is 1. The molecule has 1 aromatic heterocycles. The molecule has 0 aliphatic heterocycles. The van der Waals surface area contributed by atoms with E-state index in [0.29, 0.717) is 5.02 Å². The lowest BCUT2D eigenvalue weighted by Gasteiger charge is -2.13. The Morgan fingerprint density at radius 1 is 1.44 bits per heavy atom. The average Bonchev–Trinajstić information content (AvgIpc) is 2.76. The minimum Gasteiger partial charge on any atom is -0.366 e. The number of amides is 1. The Balaban J connectivity index is 2.05. The van der Waals surface area contributed by atoms with E-state index in [1.165, 1.54) is 0 Å². The summed E-state index contributed by atoms with van der Waals surface area (Å²) in [5.41, 5.74) is 6.27. The monoisotopic (exact) mass is 265 g/mol. The second-order valence-electron chi connectivity index (χ2n) is 3.79. The summed E-state index contributed by atoms with van der Waals surface area (Å²) in [6, 6.07) is 7.07. The normalized spacial score (nSPS) is 12.1. The number of anilines is 1. The van der Waals surface area contributed by atoms with E-state index in [0.717, 1.165) is 5.56 Å². The molecule has 0 fully saturated rings. The van der Waals surface area contributed by atoms with Gasteiger partial charge in [0.1, 0.15) is 0 Å². The Bertz CT molecular complexity index is 551. The van der Waals surface area contributed by atoms with E-state index < -0.39 is 0 Å². The van der Waals surface area contributed by atoms with E-state index in [2.05, 4.69) is 20.5 Å². The number of aromatic nitrogens is 3. The molecule has 6 nitrogen and oxygen atoms in total. The van der Waals surface area contributed by atoms with Crippen molar-refractivity contribution in [1.29, 1.82) is 0 Å². The summed E-state index contributed by atoms with van der Waals surface area (Å²) < 4.78 is 0. The SMILES string of the molecule is CC(NC(=O)c1nc(N)n[nH]1)c1ccc(Cl)cc1. The van der Waals surface area contributed by atoms with Gasteiger partial charge in [0.15, 0.2) is 0 Å². The molecule has 0 saturated carbocycles. The maximum absolute atomic E-state index is 11.8. The second kappa shape index (κ2) is 5.05. The van der Waals surface area contributed by atoms with Gasteiger partial charge in [0.25, 0.3) is 5.91 Å². The van der Waals surface area contributed by atoms with Crippen LogP contribution in [0.15, 0.2) is 24.3 Å². The molecule has 7 heteroatoms. The zero-order chi connectivity index (χ0) is 13.1. The van der Waals surface area contributed by atoms with Gasteiger partial charge in [0.2, 0.25) is 11.8 Å². The zero-order valence-corrected chi connectivity index (χ0v) is 10.4. The Hall–Kier alpha value is -2.08. The Labute approximate surface area is 109 Å². The minimum absolute atomic E-state index is 0.0410. The Kier molecular flexibility index (Phi) is 3.47. The molecule has 1 unspecified atom stereocenters. The smallest absolute Gasteiger partial charge is 0.289 e. The highest BCUT2D eigenvalue weighted by Gasteiger charge is 2.14. The first-order valence-corrected chi connectivity index (χ1v) is 5.68. The van der Waals surface area contributed by atoms with Crippen molar-refractivity contribution >= 4 is 23.5 Å². The molecule has 0 aliphatic carbocycles. The number of benzene rings is 1. The molecule has 1 atom stereocenters. The van der Waals surface area contributed by atoms with E-state index in [1.807, 2.05) is 19.1 Å². The molecule has 1 aromatic carbocycles. The third kappa shape index (κ3) is 2.78. The van der Waals surface area contributed by atoms with E-state index in [-0.39, 0.29) is 23.7 Å². The molecule has 0 aliphatic rings. The van der Waals surface area contributed by atoms with Crippen LogP contribution in [-0.4, -0.2) is 21.1 Å². The van der Waals surface area contributed by atoms with Crippen LogP contribution in [0.5, 0.6) is 0 Å². The fourth-order valence-electron chi connectivity index (χ4n) is 1.48. The van der Waals surface area contributed by atoms with Crippen molar-refractivity contribution < 1.29 is 4.79 Å². The van der Waals surface area contributed by atoms with Gasteiger partial charge in [-0.3, -0.25) is 9.89 Å². The van der Waals surface area contributed by atoms with Crippen LogP contribution in [-0.2, 0) is 0 Å². The van der Waals surface area contributed by atoms with E-state index in [9.17, 15) is 4.79 Å². The molecule has 94 valence electrons. The summed E-state index contributed by atoms with van der Waals surface area (Å²) in [5, 5.41) is 9.47. The lowest BCUT2D eigenvalue weighted by atomic mass is 10.1. The molecule has 4 N–H and O–H groups in total. The molecule has 0 radical (unpaired) electrons. The average molecular weight is 266 g/mol. The van der Waals surface area contributed by atoms with Crippen LogP contribution in [0.1, 0.15) is 29.1 Å². The number of nitrogens with two attached hydrogens (primary N) is 1. The van der Waals surface area contributed by atoms with Crippen LogP contribution in [0.3, 0.4) is 0 Å². The number of hydrogen-bond donors (Lipinski definition) is 3. The summed E-state index contributed by atoms with van der Waals surface area (Å²) in [7, 11) is 0. The van der Waals surface area contributed by atoms with E-state index >= 15 is 0 Å². The Morgan fingerprint density at radius 2 is 2.11 bits per heavy atom. The van der Waals surface area contributed by atoms with Crippen molar-refractivity contribution in [1.82, 2.24) is 20.5 Å². The predicted molar refractivity (Wildman–Crippen MR) is 68.1 cm³/mol. The van der Waals surface area contributed by atoms with Crippen LogP contribution in [0.25, 0.3) is 0 Å². The lowest BCUT2D eigenvalue weighted by Crippen LogP contribution is -2.27. The number of hydrogen-bond acceptors (Lipinski definition) is 4. The van der Waals surface area contributed by atoms with Crippen molar-refractivity contribution in [2.75, 3.05) is 5.73 Å². The largest absolute Gasteiger partial charge is 0.366 e. The van der Waals surface area contributed by atoms with Crippen molar-refractivity contribution in [2.45, 2.75) is 13.0 Å². The van der Waals surface area contributed by atoms with Crippen LogP contribution < -0.4 is 11.1 Å². The summed E-state index contributed by atoms with van der Waals surface area (Å²) in [5.74, 6) is -0.228. The van der Waals surface area contributed by atoms with Gasteiger partial charge in [-0.1, -0.05) is 23.7 Å². The Morgan fingerprint density at radius 3 is 2.67 bits per heavy atom. The molecule has 0 bridgehead atoms. The van der Waals surface area contributed by atoms with Gasteiger partial charge in [-0.05, 0) is 24.6 Å². The molecule has 1 amide bonds. The highest BCUT2D eigenvalue weighted by molar-refractivity contribution is 6.30. The highest BCUT2D eigenvalue weighted by Crippen LogP contribution is 2.16. The minimum atomic E-state index is -0.360. The first kappa shape index (κ1) is 12.4. The molecule has 0 spiro atoms. The van der Waals surface area contributed by atoms with Gasteiger partial charge < -0.3 is 11.1 Å². The van der Waals surface area contributed by atoms with Crippen LogP contribution >= 0.6 is 11.6 Å². The number of carbonyl (C=O) groups is 1. The number of nitrogens with zero attached hydrogens (tertiary/aromatic N) is 2. The van der Waals surface area contributed by atoms with Crippen molar-refractivity contribution in [3.63, 3.8) is 0 Å². The molecule has 2 rings (SSSR count). The van der Waals surface area contributed by atoms with Crippen molar-refractivity contribution in [2.24, 2.45) is 0 Å². The summed E-state index contributed by atoms with van der Waals surface area (Å²) in [6.45, 7) is 1.86. The third-order valence-corrected chi connectivity index (χ3v) is 2.69. The standard InChI is InChI=1S/C11H12ClN5O/c1-6(7-2-4-8(12)5-3-7)14-10(18)9-15-11(13)17-16-9/h2-6H,1H3,(H,14,18)(H3,13,15,16,17). The summed E-state index contributed by atoms with van der Waals surface area (Å²) in [4.78, 5) is 15.5. The first-order chi connectivity index (χ1) is 8.56. The number of carbonyl (C=O) groups excluding carboxylic acids is 1. The summed E-state index contributed by atoms with van der Waals surface area (Å²) >= 11 is 5.80. The fraction of sp³-hybridized carbons (Fsp3) is 0.182. The number of H-pyrrole nitrogens is 1. The first-order valence-electron chi connectivity index (χ1n) is 5.30. The summed E-state index contributed by atoms with van der Waals surface area (Å²) in [6.07, 6.45) is 0. The van der Waals surface area contributed by atoms with Gasteiger partial charge in [-0.25, -0.2) is 0 Å². The second-order valence-corrected chi connectivity index (χ2v) is 4.23. The topological polar surface area (TPSA) is 96.7 Å². The van der Waals surface area contributed by atoms with Crippen molar-refractivity contribution in [3.8, 4) is 0 Å². The fourth-order valence-corrected chi connectivity index (χ4v) is 1.60. The van der Waals surface area contributed by atoms with Gasteiger partial charge >= 0.3 is 0 Å². The highest BCUT2D eigenvalue weighted by atomic mass is 35.5.